The zero-order valence-electron chi connectivity index (χ0n) is 11.8. The van der Waals surface area contributed by atoms with E-state index >= 15 is 0 Å². The van der Waals surface area contributed by atoms with Crippen molar-refractivity contribution in [2.24, 2.45) is 0 Å². The van der Waals surface area contributed by atoms with Crippen LogP contribution in [0.25, 0.3) is 0 Å². The quantitative estimate of drug-likeness (QED) is 0.908. The zero-order valence-corrected chi connectivity index (χ0v) is 12.6. The van der Waals surface area contributed by atoms with Crippen molar-refractivity contribution >= 4 is 11.0 Å². The maximum absolute atomic E-state index is 13.0. The van der Waals surface area contributed by atoms with Gasteiger partial charge in [-0.15, -0.1) is 0 Å². The van der Waals surface area contributed by atoms with Crippen molar-refractivity contribution in [3.63, 3.8) is 0 Å². The Morgan fingerprint density at radius 3 is 2.40 bits per heavy atom. The molecule has 114 valence electrons. The zero-order chi connectivity index (χ0) is 15.6. The first-order chi connectivity index (χ1) is 9.07. The molecule has 0 aromatic heterocycles. The highest BCUT2D eigenvalue weighted by Crippen LogP contribution is 2.34. The van der Waals surface area contributed by atoms with Gasteiger partial charge in [0.15, 0.2) is 0 Å². The molecule has 20 heavy (non-hydrogen) atoms. The number of ether oxygens (including phenoxy) is 1. The lowest BCUT2D eigenvalue weighted by Gasteiger charge is -2.25. The number of hydrogen-bond acceptors (Lipinski definition) is 2. The Bertz CT molecular complexity index is 501. The molecule has 0 aliphatic rings. The summed E-state index contributed by atoms with van der Waals surface area (Å²) in [4.78, 5) is -0.271. The fourth-order valence-corrected chi connectivity index (χ4v) is 2.96. The molecular formula is C13H18F3NO2S. The maximum Gasteiger partial charge on any atom is 0.417 e. The molecule has 1 atom stereocenters. The average Bonchev–Trinajstić information content (AvgIpc) is 2.26. The van der Waals surface area contributed by atoms with Crippen molar-refractivity contribution < 1.29 is 22.1 Å². The predicted molar refractivity (Wildman–Crippen MR) is 71.7 cm³/mol. The van der Waals surface area contributed by atoms with Gasteiger partial charge in [-0.2, -0.15) is 13.2 Å². The molecule has 0 aliphatic carbocycles. The summed E-state index contributed by atoms with van der Waals surface area (Å²) in [5, 5.41) is 0. The monoisotopic (exact) mass is 309 g/mol. The number of benzene rings is 1. The van der Waals surface area contributed by atoms with Gasteiger partial charge in [0.1, 0.15) is 11.0 Å². The molecule has 1 aromatic rings. The molecule has 7 heteroatoms. The summed E-state index contributed by atoms with van der Waals surface area (Å²) >= 11 is 0. The molecule has 0 spiro atoms. The maximum atomic E-state index is 13.0. The van der Waals surface area contributed by atoms with E-state index < -0.39 is 28.3 Å². The van der Waals surface area contributed by atoms with Crippen LogP contribution in [0, 0.1) is 6.92 Å². The van der Waals surface area contributed by atoms with Gasteiger partial charge in [0.25, 0.3) is 0 Å². The standard InChI is InChI=1S/C13H18F3NO2S/c1-9-5-6-11(10(7-9)13(14,15)16)20(18)17-12(2,3)8-19-4/h5-7,17H,8H2,1-4H3. The number of rotatable bonds is 5. The van der Waals surface area contributed by atoms with Gasteiger partial charge in [-0.1, -0.05) is 11.6 Å². The molecule has 1 unspecified atom stereocenters. The lowest BCUT2D eigenvalue weighted by atomic mass is 10.1. The Morgan fingerprint density at radius 1 is 1.30 bits per heavy atom. The smallest absolute Gasteiger partial charge is 0.383 e. The van der Waals surface area contributed by atoms with Gasteiger partial charge in [0.2, 0.25) is 0 Å². The van der Waals surface area contributed by atoms with Gasteiger partial charge in [0.05, 0.1) is 17.1 Å². The number of halogens is 3. The van der Waals surface area contributed by atoms with E-state index in [1.165, 1.54) is 19.2 Å². The van der Waals surface area contributed by atoms with Crippen molar-refractivity contribution in [1.82, 2.24) is 4.72 Å². The van der Waals surface area contributed by atoms with Gasteiger partial charge < -0.3 is 4.74 Å². The van der Waals surface area contributed by atoms with Crippen LogP contribution in [0.1, 0.15) is 25.0 Å². The van der Waals surface area contributed by atoms with Crippen LogP contribution in [0.5, 0.6) is 0 Å². The van der Waals surface area contributed by atoms with E-state index in [2.05, 4.69) is 4.72 Å². The summed E-state index contributed by atoms with van der Waals surface area (Å²) in [7, 11) is -0.499. The summed E-state index contributed by atoms with van der Waals surface area (Å²) in [6.45, 7) is 5.20. The molecular weight excluding hydrogens is 291 g/mol. The Kier molecular flexibility index (Phi) is 5.34. The molecule has 3 nitrogen and oxygen atoms in total. The molecule has 0 bridgehead atoms. The predicted octanol–water partition coefficient (Wildman–Crippen LogP) is 3.05. The van der Waals surface area contributed by atoms with Crippen molar-refractivity contribution in [3.05, 3.63) is 29.3 Å². The molecule has 0 amide bonds. The van der Waals surface area contributed by atoms with E-state index in [1.807, 2.05) is 0 Å². The molecule has 0 fully saturated rings. The van der Waals surface area contributed by atoms with E-state index in [9.17, 15) is 17.4 Å². The molecule has 0 saturated heterocycles. The largest absolute Gasteiger partial charge is 0.417 e. The van der Waals surface area contributed by atoms with Crippen LogP contribution in [-0.4, -0.2) is 23.5 Å². The van der Waals surface area contributed by atoms with Gasteiger partial charge in [-0.05, 0) is 32.9 Å². The minimum atomic E-state index is -4.54. The summed E-state index contributed by atoms with van der Waals surface area (Å²) in [5.74, 6) is 0. The molecule has 1 rings (SSSR count). The summed E-state index contributed by atoms with van der Waals surface area (Å²) in [6.07, 6.45) is -4.54. The van der Waals surface area contributed by atoms with Crippen molar-refractivity contribution in [3.8, 4) is 0 Å². The Labute approximate surface area is 119 Å². The van der Waals surface area contributed by atoms with Gasteiger partial charge in [-0.3, -0.25) is 0 Å². The van der Waals surface area contributed by atoms with Gasteiger partial charge in [-0.25, -0.2) is 8.93 Å². The molecule has 0 saturated carbocycles. The number of alkyl halides is 3. The van der Waals surface area contributed by atoms with E-state index in [0.717, 1.165) is 6.07 Å². The summed E-state index contributed by atoms with van der Waals surface area (Å²) in [6, 6.07) is 3.75. The fraction of sp³-hybridized carbons (Fsp3) is 0.538. The number of methoxy groups -OCH3 is 1. The van der Waals surface area contributed by atoms with E-state index in [1.54, 1.807) is 20.8 Å². The third-order valence-electron chi connectivity index (χ3n) is 2.51. The van der Waals surface area contributed by atoms with Crippen molar-refractivity contribution in [1.29, 1.82) is 0 Å². The van der Waals surface area contributed by atoms with Crippen LogP contribution in [0.4, 0.5) is 13.2 Å². The first kappa shape index (κ1) is 17.1. The summed E-state index contributed by atoms with van der Waals surface area (Å²) < 4.78 is 58.7. The van der Waals surface area contributed by atoms with Crippen LogP contribution in [-0.2, 0) is 21.9 Å². The molecule has 0 aliphatic heterocycles. The highest BCUT2D eigenvalue weighted by molar-refractivity contribution is 7.83. The third kappa shape index (κ3) is 4.57. The minimum absolute atomic E-state index is 0.228. The second kappa shape index (κ2) is 6.24. The highest BCUT2D eigenvalue weighted by Gasteiger charge is 2.36. The molecule has 1 N–H and O–H groups in total. The van der Waals surface area contributed by atoms with E-state index in [-0.39, 0.29) is 11.5 Å². The summed E-state index contributed by atoms with van der Waals surface area (Å²) in [5.41, 5.74) is -1.11. The lowest BCUT2D eigenvalue weighted by molar-refractivity contribution is -0.139. The minimum Gasteiger partial charge on any atom is -0.383 e. The van der Waals surface area contributed by atoms with Gasteiger partial charge >= 0.3 is 6.18 Å². The average molecular weight is 309 g/mol. The van der Waals surface area contributed by atoms with Crippen LogP contribution in [0.15, 0.2) is 23.1 Å². The highest BCUT2D eigenvalue weighted by atomic mass is 32.2. The number of hydrogen-bond donors (Lipinski definition) is 1. The second-order valence-electron chi connectivity index (χ2n) is 5.19. The van der Waals surface area contributed by atoms with Crippen LogP contribution in [0.3, 0.4) is 0 Å². The first-order valence-corrected chi connectivity index (χ1v) is 7.08. The first-order valence-electron chi connectivity index (χ1n) is 5.93. The van der Waals surface area contributed by atoms with Gasteiger partial charge in [0, 0.05) is 12.6 Å². The molecule has 1 aromatic carbocycles. The number of aryl methyl sites for hydroxylation is 1. The fourth-order valence-electron chi connectivity index (χ4n) is 1.72. The molecule has 0 radical (unpaired) electrons. The van der Waals surface area contributed by atoms with Crippen LogP contribution in [0.2, 0.25) is 0 Å². The number of nitrogens with one attached hydrogen (secondary N) is 1. The van der Waals surface area contributed by atoms with Crippen molar-refractivity contribution in [2.75, 3.05) is 13.7 Å². The SMILES string of the molecule is COCC(C)(C)NS(=O)c1ccc(C)cc1C(F)(F)F. The van der Waals surface area contributed by atoms with E-state index in [0.29, 0.717) is 5.56 Å². The Hall–Kier alpha value is -0.920. The van der Waals surface area contributed by atoms with Crippen LogP contribution >= 0.6 is 0 Å². The Balaban J connectivity index is 3.11. The van der Waals surface area contributed by atoms with E-state index in [4.69, 9.17) is 4.74 Å². The second-order valence-corrected chi connectivity index (χ2v) is 6.37. The normalized spacial score (nSPS) is 14.3. The topological polar surface area (TPSA) is 38.3 Å². The lowest BCUT2D eigenvalue weighted by Crippen LogP contribution is -2.44. The Morgan fingerprint density at radius 2 is 1.90 bits per heavy atom. The molecule has 0 heterocycles. The third-order valence-corrected chi connectivity index (χ3v) is 4.01. The van der Waals surface area contributed by atoms with Crippen molar-refractivity contribution in [2.45, 2.75) is 37.4 Å². The van der Waals surface area contributed by atoms with Crippen LogP contribution < -0.4 is 4.72 Å².